The molecule has 0 aliphatic heterocycles. The van der Waals surface area contributed by atoms with E-state index in [9.17, 15) is 9.59 Å². The molecule has 0 aliphatic carbocycles. The lowest BCUT2D eigenvalue weighted by Crippen LogP contribution is -2.47. The molecule has 6 N–H and O–H groups in total. The first kappa shape index (κ1) is 38.6. The Bertz CT molecular complexity index is 563. The molecule has 7 nitrogen and oxygen atoms in total. The largest absolute Gasteiger partial charge is 0.370 e. The number of hydrogen-bond donors (Lipinski definition) is 5. The van der Waals surface area contributed by atoms with Gasteiger partial charge in [0.05, 0.1) is 0 Å². The number of unbranched alkanes of at least 4 members (excludes halogenated alkanes) is 17. The Morgan fingerprint density at radius 3 is 1.53 bits per heavy atom. The Kier molecular flexibility index (Phi) is 30.6. The van der Waals surface area contributed by atoms with Gasteiger partial charge in [0.1, 0.15) is 6.04 Å². The zero-order valence-corrected chi connectivity index (χ0v) is 25.7. The van der Waals surface area contributed by atoms with Gasteiger partial charge in [0.25, 0.3) is 0 Å². The Hall–Kier alpha value is -1.50. The lowest BCUT2D eigenvalue weighted by atomic mass is 10.0. The number of amides is 2. The molecule has 38 heavy (non-hydrogen) atoms. The topological polar surface area (TPSA) is 120 Å². The van der Waals surface area contributed by atoms with Crippen LogP contribution in [0.5, 0.6) is 0 Å². The zero-order chi connectivity index (χ0) is 27.4. The lowest BCUT2D eigenvalue weighted by Gasteiger charge is -2.19. The summed E-state index contributed by atoms with van der Waals surface area (Å²) in [6.07, 6.45) is 25.4. The van der Waals surface area contributed by atoms with Crippen LogP contribution < -0.4 is 21.7 Å². The highest BCUT2D eigenvalue weighted by Gasteiger charge is 2.19. The van der Waals surface area contributed by atoms with Gasteiger partial charge < -0.3 is 21.7 Å². The van der Waals surface area contributed by atoms with Gasteiger partial charge in [-0.15, -0.1) is 12.4 Å². The first-order chi connectivity index (χ1) is 18.0. The highest BCUT2D eigenvalue weighted by Crippen LogP contribution is 2.13. The molecule has 0 fully saturated rings. The van der Waals surface area contributed by atoms with Crippen molar-refractivity contribution >= 4 is 30.2 Å². The van der Waals surface area contributed by atoms with Gasteiger partial charge >= 0.3 is 0 Å². The Morgan fingerprint density at radius 2 is 1.05 bits per heavy atom. The molecule has 1 atom stereocenters. The summed E-state index contributed by atoms with van der Waals surface area (Å²) in [5.41, 5.74) is 5.34. The number of rotatable bonds is 27. The van der Waals surface area contributed by atoms with E-state index in [1.807, 2.05) is 0 Å². The van der Waals surface area contributed by atoms with E-state index in [0.717, 1.165) is 25.7 Å². The van der Waals surface area contributed by atoms with Crippen molar-refractivity contribution < 1.29 is 9.59 Å². The molecule has 0 radical (unpaired) electrons. The van der Waals surface area contributed by atoms with Gasteiger partial charge in [0.15, 0.2) is 5.96 Å². The minimum absolute atomic E-state index is 0. The van der Waals surface area contributed by atoms with Crippen LogP contribution in [0.15, 0.2) is 0 Å². The molecule has 0 aromatic rings. The van der Waals surface area contributed by atoms with Crippen molar-refractivity contribution in [3.8, 4) is 0 Å². The molecule has 226 valence electrons. The van der Waals surface area contributed by atoms with Gasteiger partial charge in [-0.05, 0) is 25.7 Å². The smallest absolute Gasteiger partial charge is 0.242 e. The zero-order valence-electron chi connectivity index (χ0n) is 24.9. The van der Waals surface area contributed by atoms with Gasteiger partial charge in [-0.1, -0.05) is 123 Å². The maximum absolute atomic E-state index is 12.7. The number of hydrogen-bond acceptors (Lipinski definition) is 3. The van der Waals surface area contributed by atoms with E-state index in [0.29, 0.717) is 32.4 Å². The van der Waals surface area contributed by atoms with E-state index in [1.54, 1.807) is 0 Å². The monoisotopic (exact) mass is 559 g/mol. The van der Waals surface area contributed by atoms with Crippen LogP contribution in [0.25, 0.3) is 0 Å². The average molecular weight is 560 g/mol. The minimum atomic E-state index is -0.525. The summed E-state index contributed by atoms with van der Waals surface area (Å²) in [4.78, 5) is 25.2. The van der Waals surface area contributed by atoms with E-state index in [2.05, 4.69) is 29.8 Å². The van der Waals surface area contributed by atoms with Crippen molar-refractivity contribution in [2.45, 2.75) is 161 Å². The SMILES string of the molecule is CCCCCCCCCCCCCCCC(=O)NC(CCCNC(=N)N)C(=O)NCCCCCCCC.Cl. The predicted molar refractivity (Wildman–Crippen MR) is 165 cm³/mol. The van der Waals surface area contributed by atoms with Crippen LogP contribution in [-0.4, -0.2) is 36.9 Å². The molecule has 0 spiro atoms. The standard InChI is InChI=1S/C30H61N5O2.ClH/c1-3-5-7-9-11-12-13-14-15-16-17-18-20-24-28(36)35-27(23-22-26-34-30(31)32)29(37)33-25-21-19-10-8-6-4-2;/h27H,3-26H2,1-2H3,(H,33,37)(H,35,36)(H4,31,32,34);1H. The van der Waals surface area contributed by atoms with Gasteiger partial charge in [0.2, 0.25) is 11.8 Å². The van der Waals surface area contributed by atoms with Crippen molar-refractivity contribution in [1.82, 2.24) is 16.0 Å². The fourth-order valence-electron chi connectivity index (χ4n) is 4.61. The third kappa shape index (κ3) is 27.5. The second-order valence-corrected chi connectivity index (χ2v) is 10.7. The molecule has 0 rings (SSSR count). The Balaban J connectivity index is 0. The number of guanidine groups is 1. The maximum atomic E-state index is 12.7. The fraction of sp³-hybridized carbons (Fsp3) is 0.900. The van der Waals surface area contributed by atoms with Crippen molar-refractivity contribution in [3.05, 3.63) is 0 Å². The van der Waals surface area contributed by atoms with Crippen molar-refractivity contribution in [2.75, 3.05) is 13.1 Å². The fourth-order valence-corrected chi connectivity index (χ4v) is 4.61. The first-order valence-electron chi connectivity index (χ1n) is 15.7. The van der Waals surface area contributed by atoms with Crippen molar-refractivity contribution in [2.24, 2.45) is 5.73 Å². The van der Waals surface area contributed by atoms with Crippen LogP contribution in [0.1, 0.15) is 155 Å². The summed E-state index contributed by atoms with van der Waals surface area (Å²) in [6.45, 7) is 5.64. The summed E-state index contributed by atoms with van der Waals surface area (Å²) in [7, 11) is 0. The van der Waals surface area contributed by atoms with Gasteiger partial charge in [-0.2, -0.15) is 0 Å². The van der Waals surface area contributed by atoms with Crippen LogP contribution in [-0.2, 0) is 9.59 Å². The summed E-state index contributed by atoms with van der Waals surface area (Å²) >= 11 is 0. The molecule has 2 amide bonds. The first-order valence-corrected chi connectivity index (χ1v) is 15.7. The molecular formula is C30H62ClN5O2. The van der Waals surface area contributed by atoms with Crippen molar-refractivity contribution in [3.63, 3.8) is 0 Å². The van der Waals surface area contributed by atoms with E-state index in [1.165, 1.54) is 96.3 Å². The Morgan fingerprint density at radius 1 is 0.632 bits per heavy atom. The lowest BCUT2D eigenvalue weighted by molar-refractivity contribution is -0.129. The van der Waals surface area contributed by atoms with Crippen LogP contribution in [0.3, 0.4) is 0 Å². The predicted octanol–water partition coefficient (Wildman–Crippen LogP) is 7.11. The quantitative estimate of drug-likeness (QED) is 0.0418. The third-order valence-corrected chi connectivity index (χ3v) is 6.97. The summed E-state index contributed by atoms with van der Waals surface area (Å²) in [6, 6.07) is -0.525. The van der Waals surface area contributed by atoms with Crippen LogP contribution in [0.4, 0.5) is 0 Å². The molecule has 0 aromatic heterocycles. The average Bonchev–Trinajstić information content (AvgIpc) is 2.87. The number of carbonyl (C=O) groups is 2. The number of carbonyl (C=O) groups excluding carboxylic acids is 2. The number of nitrogens with two attached hydrogens (primary N) is 1. The van der Waals surface area contributed by atoms with Gasteiger partial charge in [-0.25, -0.2) is 0 Å². The molecule has 0 saturated heterocycles. The van der Waals surface area contributed by atoms with Crippen LogP contribution in [0, 0.1) is 5.41 Å². The van der Waals surface area contributed by atoms with Gasteiger partial charge in [0, 0.05) is 19.5 Å². The number of nitrogens with one attached hydrogen (secondary N) is 4. The molecule has 0 aliphatic rings. The van der Waals surface area contributed by atoms with E-state index < -0.39 is 6.04 Å². The molecule has 0 heterocycles. The van der Waals surface area contributed by atoms with Crippen molar-refractivity contribution in [1.29, 1.82) is 5.41 Å². The van der Waals surface area contributed by atoms with E-state index in [-0.39, 0.29) is 30.2 Å². The van der Waals surface area contributed by atoms with Gasteiger partial charge in [-0.3, -0.25) is 15.0 Å². The molecule has 8 heteroatoms. The maximum Gasteiger partial charge on any atom is 0.242 e. The van der Waals surface area contributed by atoms with E-state index in [4.69, 9.17) is 11.1 Å². The van der Waals surface area contributed by atoms with Crippen LogP contribution >= 0.6 is 12.4 Å². The van der Waals surface area contributed by atoms with E-state index >= 15 is 0 Å². The second kappa shape index (κ2) is 30.0. The molecule has 0 bridgehead atoms. The molecule has 0 aromatic carbocycles. The second-order valence-electron chi connectivity index (χ2n) is 10.7. The summed E-state index contributed by atoms with van der Waals surface area (Å²) in [5, 5.41) is 16.0. The molecule has 1 unspecified atom stereocenters. The summed E-state index contributed by atoms with van der Waals surface area (Å²) in [5.74, 6) is -0.215. The molecule has 0 saturated carbocycles. The highest BCUT2D eigenvalue weighted by atomic mass is 35.5. The minimum Gasteiger partial charge on any atom is -0.370 e. The Labute approximate surface area is 240 Å². The number of halogens is 1. The molecular weight excluding hydrogens is 498 g/mol. The highest BCUT2D eigenvalue weighted by molar-refractivity contribution is 5.87. The van der Waals surface area contributed by atoms with Crippen LogP contribution in [0.2, 0.25) is 0 Å². The summed E-state index contributed by atoms with van der Waals surface area (Å²) < 4.78 is 0. The third-order valence-electron chi connectivity index (χ3n) is 6.97. The normalized spacial score (nSPS) is 11.4.